The number of anilines is 1. The highest BCUT2D eigenvalue weighted by Gasteiger charge is 2.26. The Morgan fingerprint density at radius 2 is 1.88 bits per heavy atom. The van der Waals surface area contributed by atoms with Gasteiger partial charge in [0.05, 0.1) is 4.90 Å². The first kappa shape index (κ1) is 18.4. The highest BCUT2D eigenvalue weighted by molar-refractivity contribution is 7.89. The minimum Gasteiger partial charge on any atom is -0.322 e. The SMILES string of the molecule is C/C=C/C=C/C(=O)Nc1cc(S(=O)(=O)N2CCCCC2)ccc1C. The van der Waals surface area contributed by atoms with Crippen LogP contribution in [0, 0.1) is 6.92 Å². The third kappa shape index (κ3) is 4.55. The molecule has 1 heterocycles. The Hall–Kier alpha value is -1.92. The van der Waals surface area contributed by atoms with Gasteiger partial charge in [-0.2, -0.15) is 4.31 Å². The molecule has 0 aromatic heterocycles. The van der Waals surface area contributed by atoms with Gasteiger partial charge in [-0.3, -0.25) is 4.79 Å². The third-order valence-electron chi connectivity index (χ3n) is 3.97. The van der Waals surface area contributed by atoms with Gasteiger partial charge in [0.1, 0.15) is 0 Å². The van der Waals surface area contributed by atoms with Crippen molar-refractivity contribution in [1.82, 2.24) is 4.31 Å². The van der Waals surface area contributed by atoms with E-state index in [1.165, 1.54) is 10.4 Å². The van der Waals surface area contributed by atoms with Crippen LogP contribution >= 0.6 is 0 Å². The molecule has 1 aromatic rings. The van der Waals surface area contributed by atoms with Crippen molar-refractivity contribution in [3.05, 3.63) is 48.1 Å². The van der Waals surface area contributed by atoms with Crippen LogP contribution in [0.1, 0.15) is 31.7 Å². The van der Waals surface area contributed by atoms with Gasteiger partial charge in [0.15, 0.2) is 0 Å². The first-order valence-electron chi connectivity index (χ1n) is 8.16. The molecular weight excluding hydrogens is 324 g/mol. The zero-order valence-electron chi connectivity index (χ0n) is 14.2. The number of nitrogens with one attached hydrogen (secondary N) is 1. The molecular formula is C18H24N2O3S. The Kier molecular flexibility index (Phi) is 6.34. The molecule has 1 aromatic carbocycles. The average Bonchev–Trinajstić information content (AvgIpc) is 2.58. The van der Waals surface area contributed by atoms with Crippen LogP contribution in [0.25, 0.3) is 0 Å². The van der Waals surface area contributed by atoms with Gasteiger partial charge in [0, 0.05) is 24.9 Å². The van der Waals surface area contributed by atoms with Gasteiger partial charge in [-0.05, 0) is 44.4 Å². The maximum absolute atomic E-state index is 12.7. The van der Waals surface area contributed by atoms with E-state index in [2.05, 4.69) is 5.32 Å². The summed E-state index contributed by atoms with van der Waals surface area (Å²) >= 11 is 0. The summed E-state index contributed by atoms with van der Waals surface area (Å²) in [6.45, 7) is 4.82. The van der Waals surface area contributed by atoms with Crippen molar-refractivity contribution in [3.63, 3.8) is 0 Å². The molecule has 1 fully saturated rings. The summed E-state index contributed by atoms with van der Waals surface area (Å²) < 4.78 is 27.0. The van der Waals surface area contributed by atoms with Crippen LogP contribution in [0.4, 0.5) is 5.69 Å². The van der Waals surface area contributed by atoms with E-state index in [4.69, 9.17) is 0 Å². The van der Waals surface area contributed by atoms with E-state index in [0.29, 0.717) is 18.8 Å². The number of hydrogen-bond acceptors (Lipinski definition) is 3. The molecule has 0 bridgehead atoms. The van der Waals surface area contributed by atoms with Crippen molar-refractivity contribution >= 4 is 21.6 Å². The van der Waals surface area contributed by atoms with Crippen LogP contribution < -0.4 is 5.32 Å². The van der Waals surface area contributed by atoms with E-state index in [1.54, 1.807) is 30.4 Å². The van der Waals surface area contributed by atoms with Gasteiger partial charge in [-0.25, -0.2) is 8.42 Å². The molecule has 5 nitrogen and oxygen atoms in total. The number of carbonyl (C=O) groups excluding carboxylic acids is 1. The van der Waals surface area contributed by atoms with Gasteiger partial charge < -0.3 is 5.32 Å². The van der Waals surface area contributed by atoms with Crippen LogP contribution in [0.2, 0.25) is 0 Å². The van der Waals surface area contributed by atoms with Gasteiger partial charge in [-0.15, -0.1) is 0 Å². The standard InChI is InChI=1S/C18H24N2O3S/c1-3-4-6-9-18(21)19-17-14-16(11-10-15(17)2)24(22,23)20-12-7-5-8-13-20/h3-4,6,9-11,14H,5,7-8,12-13H2,1-2H3,(H,19,21)/b4-3+,9-6+. The van der Waals surface area contributed by atoms with Gasteiger partial charge >= 0.3 is 0 Å². The Morgan fingerprint density at radius 3 is 2.54 bits per heavy atom. The van der Waals surface area contributed by atoms with Crippen molar-refractivity contribution in [1.29, 1.82) is 0 Å². The summed E-state index contributed by atoms with van der Waals surface area (Å²) in [5.41, 5.74) is 1.34. The van der Waals surface area contributed by atoms with Crippen LogP contribution in [-0.2, 0) is 14.8 Å². The summed E-state index contributed by atoms with van der Waals surface area (Å²) in [5, 5.41) is 2.74. The largest absolute Gasteiger partial charge is 0.322 e. The smallest absolute Gasteiger partial charge is 0.248 e. The molecule has 0 aliphatic carbocycles. The molecule has 0 saturated carbocycles. The van der Waals surface area contributed by atoms with Crippen LogP contribution in [0.5, 0.6) is 0 Å². The minimum absolute atomic E-state index is 0.225. The second-order valence-electron chi connectivity index (χ2n) is 5.82. The van der Waals surface area contributed by atoms with E-state index in [-0.39, 0.29) is 10.8 Å². The lowest BCUT2D eigenvalue weighted by atomic mass is 10.2. The fourth-order valence-corrected chi connectivity index (χ4v) is 4.12. The van der Waals surface area contributed by atoms with Gasteiger partial charge in [-0.1, -0.05) is 30.7 Å². The predicted octanol–water partition coefficient (Wildman–Crippen LogP) is 3.24. The summed E-state index contributed by atoms with van der Waals surface area (Å²) in [4.78, 5) is 12.1. The molecule has 1 amide bonds. The molecule has 130 valence electrons. The normalized spacial score (nSPS) is 16.8. The Morgan fingerprint density at radius 1 is 1.17 bits per heavy atom. The molecule has 1 aliphatic rings. The topological polar surface area (TPSA) is 66.5 Å². The molecule has 0 unspecified atom stereocenters. The summed E-state index contributed by atoms with van der Waals surface area (Å²) in [6.07, 6.45) is 9.48. The highest BCUT2D eigenvalue weighted by atomic mass is 32.2. The highest BCUT2D eigenvalue weighted by Crippen LogP contribution is 2.25. The Bertz CT molecular complexity index is 746. The number of carbonyl (C=O) groups is 1. The van der Waals surface area contributed by atoms with Crippen LogP contribution in [-0.4, -0.2) is 31.7 Å². The van der Waals surface area contributed by atoms with E-state index in [1.807, 2.05) is 19.9 Å². The second-order valence-corrected chi connectivity index (χ2v) is 7.75. The first-order chi connectivity index (χ1) is 11.4. The minimum atomic E-state index is -3.51. The monoisotopic (exact) mass is 348 g/mol. The van der Waals surface area contributed by atoms with Crippen LogP contribution in [0.15, 0.2) is 47.4 Å². The lowest BCUT2D eigenvalue weighted by Gasteiger charge is -2.26. The summed E-state index contributed by atoms with van der Waals surface area (Å²) in [7, 11) is -3.51. The van der Waals surface area contributed by atoms with Gasteiger partial charge in [0.2, 0.25) is 15.9 Å². The lowest BCUT2D eigenvalue weighted by Crippen LogP contribution is -2.35. The quantitative estimate of drug-likeness (QED) is 0.656. The molecule has 6 heteroatoms. The maximum atomic E-state index is 12.7. The number of allylic oxidation sites excluding steroid dienone is 3. The lowest BCUT2D eigenvalue weighted by molar-refractivity contribution is -0.111. The zero-order chi connectivity index (χ0) is 17.6. The molecule has 0 spiro atoms. The molecule has 2 rings (SSSR count). The fourth-order valence-electron chi connectivity index (χ4n) is 2.58. The Balaban J connectivity index is 2.23. The van der Waals surface area contributed by atoms with Crippen LogP contribution in [0.3, 0.4) is 0 Å². The van der Waals surface area contributed by atoms with Crippen molar-refractivity contribution in [2.45, 2.75) is 38.0 Å². The molecule has 0 radical (unpaired) electrons. The number of nitrogens with zero attached hydrogens (tertiary/aromatic N) is 1. The molecule has 0 atom stereocenters. The molecule has 24 heavy (non-hydrogen) atoms. The number of amides is 1. The van der Waals surface area contributed by atoms with Crippen molar-refractivity contribution < 1.29 is 13.2 Å². The number of aryl methyl sites for hydroxylation is 1. The number of hydrogen-bond donors (Lipinski definition) is 1. The summed E-state index contributed by atoms with van der Waals surface area (Å²) in [6, 6.07) is 4.87. The fraction of sp³-hybridized carbons (Fsp3) is 0.389. The number of rotatable bonds is 5. The predicted molar refractivity (Wildman–Crippen MR) is 96.4 cm³/mol. The summed E-state index contributed by atoms with van der Waals surface area (Å²) in [5.74, 6) is -0.288. The van der Waals surface area contributed by atoms with E-state index in [9.17, 15) is 13.2 Å². The number of sulfonamides is 1. The van der Waals surface area contributed by atoms with Crippen molar-refractivity contribution in [3.8, 4) is 0 Å². The zero-order valence-corrected chi connectivity index (χ0v) is 15.0. The average molecular weight is 348 g/mol. The van der Waals surface area contributed by atoms with Crippen molar-refractivity contribution in [2.75, 3.05) is 18.4 Å². The van der Waals surface area contributed by atoms with Gasteiger partial charge in [0.25, 0.3) is 0 Å². The Labute approximate surface area is 144 Å². The third-order valence-corrected chi connectivity index (χ3v) is 5.87. The number of benzene rings is 1. The first-order valence-corrected chi connectivity index (χ1v) is 9.60. The molecule has 1 aliphatic heterocycles. The molecule has 1 N–H and O–H groups in total. The van der Waals surface area contributed by atoms with E-state index < -0.39 is 10.0 Å². The van der Waals surface area contributed by atoms with E-state index >= 15 is 0 Å². The molecule has 1 saturated heterocycles. The van der Waals surface area contributed by atoms with Crippen molar-refractivity contribution in [2.24, 2.45) is 0 Å². The second kappa shape index (κ2) is 8.26. The number of piperidine rings is 1. The maximum Gasteiger partial charge on any atom is 0.248 e. The van der Waals surface area contributed by atoms with E-state index in [0.717, 1.165) is 24.8 Å².